The van der Waals surface area contributed by atoms with Gasteiger partial charge in [-0.1, -0.05) is 12.8 Å². The number of hydrogen-bond acceptors (Lipinski definition) is 3. The highest BCUT2D eigenvalue weighted by atomic mass is 35.5. The number of pyridine rings is 1. The molecule has 1 amide bonds. The van der Waals surface area contributed by atoms with Crippen molar-refractivity contribution in [2.45, 2.75) is 76.3 Å². The number of halogens is 1. The Kier molecular flexibility index (Phi) is 6.08. The largest absolute Gasteiger partial charge is 0.349 e. The van der Waals surface area contributed by atoms with Crippen molar-refractivity contribution in [3.8, 4) is 0 Å². The summed E-state index contributed by atoms with van der Waals surface area (Å²) in [6, 6.07) is 2.29. The van der Waals surface area contributed by atoms with Crippen LogP contribution in [0.5, 0.6) is 0 Å². The molecule has 5 nitrogen and oxygen atoms in total. The van der Waals surface area contributed by atoms with Crippen LogP contribution in [0.1, 0.15) is 73.0 Å². The van der Waals surface area contributed by atoms with Crippen LogP contribution in [0.3, 0.4) is 0 Å². The topological polar surface area (TPSA) is 88.0 Å². The normalized spacial score (nSPS) is 30.5. The van der Waals surface area contributed by atoms with E-state index < -0.39 is 0 Å². The van der Waals surface area contributed by atoms with Gasteiger partial charge in [0.05, 0.1) is 0 Å². The molecule has 4 N–H and O–H groups in total. The molecular formula is C20H30ClN3O2. The van der Waals surface area contributed by atoms with Gasteiger partial charge in [-0.3, -0.25) is 9.59 Å². The van der Waals surface area contributed by atoms with Crippen LogP contribution in [0.4, 0.5) is 0 Å². The first kappa shape index (κ1) is 19.4. The van der Waals surface area contributed by atoms with Crippen LogP contribution in [0.15, 0.2) is 10.9 Å². The van der Waals surface area contributed by atoms with E-state index in [0.717, 1.165) is 62.6 Å². The minimum atomic E-state index is -0.240. The lowest BCUT2D eigenvalue weighted by Gasteiger charge is -2.45. The Morgan fingerprint density at radius 2 is 1.77 bits per heavy atom. The van der Waals surface area contributed by atoms with Crippen molar-refractivity contribution in [3.63, 3.8) is 0 Å². The molecule has 0 aromatic carbocycles. The molecule has 3 aliphatic carbocycles. The zero-order valence-corrected chi connectivity index (χ0v) is 16.1. The third kappa shape index (κ3) is 3.84. The summed E-state index contributed by atoms with van der Waals surface area (Å²) < 4.78 is 0. The molecule has 2 atom stereocenters. The van der Waals surface area contributed by atoms with E-state index in [0.29, 0.717) is 11.8 Å². The molecule has 144 valence electrons. The van der Waals surface area contributed by atoms with E-state index in [4.69, 9.17) is 5.73 Å². The van der Waals surface area contributed by atoms with Crippen LogP contribution in [0.2, 0.25) is 0 Å². The van der Waals surface area contributed by atoms with Gasteiger partial charge in [0.2, 0.25) is 0 Å². The maximum absolute atomic E-state index is 12.9. The highest BCUT2D eigenvalue weighted by Gasteiger charge is 2.40. The van der Waals surface area contributed by atoms with E-state index in [1.54, 1.807) is 0 Å². The van der Waals surface area contributed by atoms with Crippen LogP contribution >= 0.6 is 12.4 Å². The number of aryl methyl sites for hydroxylation is 2. The lowest BCUT2D eigenvalue weighted by Crippen LogP contribution is -2.54. The van der Waals surface area contributed by atoms with E-state index in [9.17, 15) is 9.59 Å². The number of carbonyl (C=O) groups excluding carboxylic acids is 1. The third-order valence-corrected chi connectivity index (χ3v) is 6.51. The molecule has 1 heterocycles. The Labute approximate surface area is 160 Å². The van der Waals surface area contributed by atoms with Gasteiger partial charge < -0.3 is 16.0 Å². The second-order valence-corrected chi connectivity index (χ2v) is 8.26. The van der Waals surface area contributed by atoms with Gasteiger partial charge in [-0.15, -0.1) is 12.4 Å². The zero-order chi connectivity index (χ0) is 17.4. The third-order valence-electron chi connectivity index (χ3n) is 6.51. The number of amides is 1. The van der Waals surface area contributed by atoms with Crippen LogP contribution in [0, 0.1) is 11.8 Å². The molecule has 2 bridgehead atoms. The van der Waals surface area contributed by atoms with E-state index in [-0.39, 0.29) is 41.5 Å². The molecule has 2 saturated carbocycles. The number of carbonyl (C=O) groups is 1. The van der Waals surface area contributed by atoms with E-state index >= 15 is 0 Å². The van der Waals surface area contributed by atoms with Crippen LogP contribution in [0.25, 0.3) is 0 Å². The molecule has 1 aromatic heterocycles. The summed E-state index contributed by atoms with van der Waals surface area (Å²) >= 11 is 0. The fourth-order valence-electron chi connectivity index (χ4n) is 5.27. The number of nitrogens with one attached hydrogen (secondary N) is 2. The average molecular weight is 380 g/mol. The fraction of sp³-hybridized carbons (Fsp3) is 0.700. The first-order valence-electron chi connectivity index (χ1n) is 9.93. The van der Waals surface area contributed by atoms with Gasteiger partial charge in [-0.05, 0) is 74.8 Å². The van der Waals surface area contributed by atoms with Crippen molar-refractivity contribution in [1.29, 1.82) is 0 Å². The van der Waals surface area contributed by atoms with Gasteiger partial charge in [0.1, 0.15) is 5.56 Å². The molecule has 2 unspecified atom stereocenters. The molecule has 0 radical (unpaired) electrons. The molecule has 3 aliphatic rings. The number of H-pyrrole nitrogens is 1. The first-order valence-corrected chi connectivity index (χ1v) is 9.93. The lowest BCUT2D eigenvalue weighted by molar-refractivity contribution is 0.0754. The summed E-state index contributed by atoms with van der Waals surface area (Å²) in [6.07, 6.45) is 10.8. The summed E-state index contributed by atoms with van der Waals surface area (Å²) in [5.74, 6) is 0.725. The van der Waals surface area contributed by atoms with Gasteiger partial charge in [0.25, 0.3) is 11.5 Å². The fourth-order valence-corrected chi connectivity index (χ4v) is 5.27. The molecule has 0 saturated heterocycles. The molecule has 26 heavy (non-hydrogen) atoms. The van der Waals surface area contributed by atoms with Crippen LogP contribution < -0.4 is 16.6 Å². The highest BCUT2D eigenvalue weighted by molar-refractivity contribution is 5.94. The number of nitrogens with two attached hydrogens (primary N) is 1. The molecular weight excluding hydrogens is 350 g/mol. The summed E-state index contributed by atoms with van der Waals surface area (Å²) in [5.41, 5.74) is 8.40. The minimum absolute atomic E-state index is 0. The Morgan fingerprint density at radius 3 is 2.50 bits per heavy atom. The number of hydrogen-bond donors (Lipinski definition) is 3. The van der Waals surface area contributed by atoms with Crippen molar-refractivity contribution in [2.75, 3.05) is 0 Å². The smallest absolute Gasteiger partial charge is 0.261 e. The quantitative estimate of drug-likeness (QED) is 0.690. The van der Waals surface area contributed by atoms with E-state index in [1.807, 2.05) is 6.07 Å². The molecule has 2 fully saturated rings. The maximum Gasteiger partial charge on any atom is 0.261 e. The second kappa shape index (κ2) is 8.13. The molecule has 1 aromatic rings. The summed E-state index contributed by atoms with van der Waals surface area (Å²) in [7, 11) is 0. The zero-order valence-electron chi connectivity index (χ0n) is 15.3. The van der Waals surface area contributed by atoms with Gasteiger partial charge in [0, 0.05) is 17.8 Å². The summed E-state index contributed by atoms with van der Waals surface area (Å²) in [6.45, 7) is 0. The van der Waals surface area contributed by atoms with Crippen molar-refractivity contribution in [3.05, 3.63) is 33.2 Å². The van der Waals surface area contributed by atoms with Crippen molar-refractivity contribution < 1.29 is 4.79 Å². The van der Waals surface area contributed by atoms with Crippen molar-refractivity contribution in [2.24, 2.45) is 17.6 Å². The Hall–Kier alpha value is -1.33. The second-order valence-electron chi connectivity index (χ2n) is 8.26. The van der Waals surface area contributed by atoms with Crippen LogP contribution in [-0.4, -0.2) is 23.0 Å². The lowest BCUT2D eigenvalue weighted by atomic mass is 9.67. The monoisotopic (exact) mass is 379 g/mol. The highest BCUT2D eigenvalue weighted by Crippen LogP contribution is 2.39. The van der Waals surface area contributed by atoms with E-state index in [1.165, 1.54) is 12.8 Å². The minimum Gasteiger partial charge on any atom is -0.349 e. The predicted octanol–water partition coefficient (Wildman–Crippen LogP) is 2.70. The van der Waals surface area contributed by atoms with Crippen molar-refractivity contribution >= 4 is 18.3 Å². The first-order chi connectivity index (χ1) is 12.1. The van der Waals surface area contributed by atoms with Gasteiger partial charge in [0.15, 0.2) is 0 Å². The van der Waals surface area contributed by atoms with Gasteiger partial charge in [-0.2, -0.15) is 0 Å². The molecule has 0 spiro atoms. The number of aromatic nitrogens is 1. The number of fused-ring (bicyclic) bond motifs is 3. The average Bonchev–Trinajstić information content (AvgIpc) is 2.79. The van der Waals surface area contributed by atoms with Gasteiger partial charge >= 0.3 is 0 Å². The Bertz CT molecular complexity index is 703. The summed E-state index contributed by atoms with van der Waals surface area (Å²) in [5, 5.41) is 3.21. The SMILES string of the molecule is Cl.NC1CC2CCCC(C1)C2NC(=O)c1cc2c([nH]c1=O)CCCCC2. The molecule has 4 rings (SSSR count). The van der Waals surface area contributed by atoms with E-state index in [2.05, 4.69) is 10.3 Å². The Morgan fingerprint density at radius 1 is 1.08 bits per heavy atom. The van der Waals surface area contributed by atoms with Crippen LogP contribution in [-0.2, 0) is 12.8 Å². The maximum atomic E-state index is 12.9. The Balaban J connectivity index is 0.00000196. The standard InChI is InChI=1S/C20H29N3O2.ClH/c21-15-9-13-6-4-7-14(10-15)18(13)23-20(25)16-11-12-5-2-1-3-8-17(12)22-19(16)24;/h11,13-15,18H,1-10,21H2,(H,22,24)(H,23,25);1H. The number of rotatable bonds is 2. The number of aromatic amines is 1. The molecule has 0 aliphatic heterocycles. The summed E-state index contributed by atoms with van der Waals surface area (Å²) in [4.78, 5) is 28.3. The molecule has 6 heteroatoms. The predicted molar refractivity (Wildman–Crippen MR) is 105 cm³/mol. The van der Waals surface area contributed by atoms with Crippen molar-refractivity contribution in [1.82, 2.24) is 10.3 Å². The van der Waals surface area contributed by atoms with Gasteiger partial charge in [-0.25, -0.2) is 0 Å².